The summed E-state index contributed by atoms with van der Waals surface area (Å²) in [4.78, 5) is 12.0. The van der Waals surface area contributed by atoms with Crippen molar-refractivity contribution in [2.24, 2.45) is 52.3 Å². The van der Waals surface area contributed by atoms with E-state index < -0.39 is 6.10 Å². The molecule has 190 valence electrons. The Kier molecular flexibility index (Phi) is 7.88. The van der Waals surface area contributed by atoms with Crippen molar-refractivity contribution >= 4 is 5.91 Å². The first kappa shape index (κ1) is 25.5. The summed E-state index contributed by atoms with van der Waals surface area (Å²) in [6.07, 6.45) is 17.3. The van der Waals surface area contributed by atoms with Crippen molar-refractivity contribution in [3.8, 4) is 0 Å². The lowest BCUT2D eigenvalue weighted by Gasteiger charge is -2.61. The van der Waals surface area contributed by atoms with E-state index >= 15 is 0 Å². The van der Waals surface area contributed by atoms with Gasteiger partial charge < -0.3 is 10.4 Å². The molecule has 0 spiro atoms. The van der Waals surface area contributed by atoms with E-state index in [-0.39, 0.29) is 11.8 Å². The van der Waals surface area contributed by atoms with Gasteiger partial charge in [-0.25, -0.2) is 0 Å². The lowest BCUT2D eigenvalue weighted by Crippen LogP contribution is -2.53. The Balaban J connectivity index is 1.34. The van der Waals surface area contributed by atoms with Crippen molar-refractivity contribution in [1.82, 2.24) is 5.32 Å². The van der Waals surface area contributed by atoms with Gasteiger partial charge in [0.1, 0.15) is 6.10 Å². The van der Waals surface area contributed by atoms with Gasteiger partial charge in [-0.05, 0) is 117 Å². The van der Waals surface area contributed by atoms with Crippen molar-refractivity contribution in [2.75, 3.05) is 6.54 Å². The molecule has 0 aromatic heterocycles. The number of carbonyl (C=O) groups is 1. The number of aliphatic hydroxyl groups excluding tert-OH is 1. The van der Waals surface area contributed by atoms with E-state index in [0.29, 0.717) is 17.4 Å². The van der Waals surface area contributed by atoms with E-state index in [9.17, 15) is 9.90 Å². The van der Waals surface area contributed by atoms with Crippen LogP contribution < -0.4 is 5.32 Å². The minimum atomic E-state index is -0.861. The highest BCUT2D eigenvalue weighted by molar-refractivity contribution is 5.80. The molecule has 0 bridgehead atoms. The van der Waals surface area contributed by atoms with Crippen LogP contribution >= 0.6 is 0 Å². The smallest absolute Gasteiger partial charge is 0.249 e. The molecular weight excluding hydrogens is 406 g/mol. The number of fused-ring (bicyclic) bond motifs is 5. The number of hydrogen-bond acceptors (Lipinski definition) is 2. The molecule has 0 radical (unpaired) electrons. The number of hydrogen-bond donors (Lipinski definition) is 2. The lowest BCUT2D eigenvalue weighted by molar-refractivity contribution is -0.131. The molecule has 2 N–H and O–H groups in total. The maximum Gasteiger partial charge on any atom is 0.249 e. The molecule has 0 aromatic rings. The number of nitrogens with one attached hydrogen (secondary N) is 1. The van der Waals surface area contributed by atoms with Crippen molar-refractivity contribution in [3.05, 3.63) is 0 Å². The number of likely N-dealkylation sites (N-methyl/N-ethyl adjacent to an activating group) is 1. The lowest BCUT2D eigenvalue weighted by atomic mass is 9.44. The predicted octanol–water partition coefficient (Wildman–Crippen LogP) is 6.97. The zero-order chi connectivity index (χ0) is 23.8. The standard InChI is InChI=1S/C30H53NO2/c1-6-31-28(33)27(32)21(3)11-9-10-20(2)24-15-16-25-23-14-13-22-12-7-8-18-29(22,4)26(23)17-19-30(24,25)5/h20-27,32H,6-19H2,1-5H3,(H,31,33)/t20-,21?,22?,23+,24-,25+,26+,27?,29+,30-/m1/s1. The summed E-state index contributed by atoms with van der Waals surface area (Å²) in [6.45, 7) is 12.4. The zero-order valence-electron chi connectivity index (χ0n) is 22.4. The Morgan fingerprint density at radius 3 is 2.45 bits per heavy atom. The minimum Gasteiger partial charge on any atom is -0.383 e. The van der Waals surface area contributed by atoms with Gasteiger partial charge in [0.15, 0.2) is 0 Å². The molecule has 3 unspecified atom stereocenters. The van der Waals surface area contributed by atoms with Crippen LogP contribution in [-0.2, 0) is 4.79 Å². The second-order valence-electron chi connectivity index (χ2n) is 13.4. The van der Waals surface area contributed by atoms with E-state index in [1.165, 1.54) is 70.6 Å². The molecule has 3 nitrogen and oxygen atoms in total. The third-order valence-corrected chi connectivity index (χ3v) is 11.8. The third-order valence-electron chi connectivity index (χ3n) is 11.8. The maximum atomic E-state index is 12.0. The second kappa shape index (κ2) is 10.2. The number of amides is 1. The average Bonchev–Trinajstić information content (AvgIpc) is 3.15. The molecule has 3 heteroatoms. The van der Waals surface area contributed by atoms with Gasteiger partial charge in [0.2, 0.25) is 5.91 Å². The average molecular weight is 460 g/mol. The fourth-order valence-electron chi connectivity index (χ4n) is 9.93. The Labute approximate surface area is 204 Å². The molecule has 1 amide bonds. The van der Waals surface area contributed by atoms with Crippen LogP contribution in [0.3, 0.4) is 0 Å². The van der Waals surface area contributed by atoms with Crippen LogP contribution in [0.25, 0.3) is 0 Å². The molecule has 4 fully saturated rings. The highest BCUT2D eigenvalue weighted by atomic mass is 16.3. The quantitative estimate of drug-likeness (QED) is 0.411. The Morgan fingerprint density at radius 2 is 1.70 bits per heavy atom. The van der Waals surface area contributed by atoms with E-state index in [4.69, 9.17) is 0 Å². The highest BCUT2D eigenvalue weighted by Crippen LogP contribution is 2.68. The molecule has 33 heavy (non-hydrogen) atoms. The predicted molar refractivity (Wildman–Crippen MR) is 137 cm³/mol. The van der Waals surface area contributed by atoms with Crippen molar-refractivity contribution in [2.45, 2.75) is 124 Å². The first-order chi connectivity index (χ1) is 15.7. The summed E-state index contributed by atoms with van der Waals surface area (Å²) in [5.74, 6) is 5.43. The maximum absolute atomic E-state index is 12.0. The number of rotatable bonds is 8. The molecule has 0 aliphatic heterocycles. The topological polar surface area (TPSA) is 49.3 Å². The van der Waals surface area contributed by atoms with Crippen LogP contribution in [0, 0.1) is 52.3 Å². The van der Waals surface area contributed by atoms with Gasteiger partial charge in [0, 0.05) is 6.54 Å². The summed E-state index contributed by atoms with van der Waals surface area (Å²) in [6, 6.07) is 0. The molecule has 0 saturated heterocycles. The van der Waals surface area contributed by atoms with Crippen LogP contribution in [0.4, 0.5) is 0 Å². The SMILES string of the molecule is CCNC(=O)C(O)C(C)CCC[C@@H](C)[C@H]1CC[C@H]2[C@@H]3CCC4CCCC[C@]4(C)[C@H]3CC[C@]12C. The zero-order valence-corrected chi connectivity index (χ0v) is 22.4. The minimum absolute atomic E-state index is 0.0394. The number of carbonyl (C=O) groups excluding carboxylic acids is 1. The third kappa shape index (κ3) is 4.66. The van der Waals surface area contributed by atoms with Gasteiger partial charge in [-0.15, -0.1) is 0 Å². The van der Waals surface area contributed by atoms with Crippen LogP contribution in [-0.4, -0.2) is 23.7 Å². The Hall–Kier alpha value is -0.570. The van der Waals surface area contributed by atoms with Crippen LogP contribution in [0.5, 0.6) is 0 Å². The molecule has 0 aromatic carbocycles. The van der Waals surface area contributed by atoms with E-state index in [0.717, 1.165) is 48.3 Å². The molecule has 4 rings (SSSR count). The highest BCUT2D eigenvalue weighted by Gasteiger charge is 2.60. The molecule has 10 atom stereocenters. The van der Waals surface area contributed by atoms with Crippen molar-refractivity contribution < 1.29 is 9.90 Å². The first-order valence-electron chi connectivity index (χ1n) is 14.7. The molecular formula is C30H53NO2. The summed E-state index contributed by atoms with van der Waals surface area (Å²) in [5, 5.41) is 13.1. The van der Waals surface area contributed by atoms with Gasteiger partial charge in [0.25, 0.3) is 0 Å². The van der Waals surface area contributed by atoms with Crippen LogP contribution in [0.1, 0.15) is 118 Å². The summed E-state index contributed by atoms with van der Waals surface area (Å²) in [7, 11) is 0. The van der Waals surface area contributed by atoms with Gasteiger partial charge in [-0.3, -0.25) is 4.79 Å². The molecule has 4 aliphatic carbocycles. The van der Waals surface area contributed by atoms with Gasteiger partial charge in [-0.1, -0.05) is 53.4 Å². The summed E-state index contributed by atoms with van der Waals surface area (Å²) in [5.41, 5.74) is 1.19. The van der Waals surface area contributed by atoms with Crippen molar-refractivity contribution in [3.63, 3.8) is 0 Å². The molecule has 4 saturated carbocycles. The number of aliphatic hydroxyl groups is 1. The summed E-state index contributed by atoms with van der Waals surface area (Å²) < 4.78 is 0. The van der Waals surface area contributed by atoms with E-state index in [2.05, 4.69) is 26.1 Å². The molecule has 4 aliphatic rings. The van der Waals surface area contributed by atoms with E-state index in [1.807, 2.05) is 13.8 Å². The van der Waals surface area contributed by atoms with Gasteiger partial charge >= 0.3 is 0 Å². The summed E-state index contributed by atoms with van der Waals surface area (Å²) >= 11 is 0. The molecule has 0 heterocycles. The second-order valence-corrected chi connectivity index (χ2v) is 13.4. The van der Waals surface area contributed by atoms with Crippen LogP contribution in [0.2, 0.25) is 0 Å². The largest absolute Gasteiger partial charge is 0.383 e. The fourth-order valence-corrected chi connectivity index (χ4v) is 9.93. The van der Waals surface area contributed by atoms with E-state index in [1.54, 1.807) is 0 Å². The Morgan fingerprint density at radius 1 is 0.939 bits per heavy atom. The monoisotopic (exact) mass is 459 g/mol. The Bertz CT molecular complexity index is 678. The fraction of sp³-hybridized carbons (Fsp3) is 0.967. The van der Waals surface area contributed by atoms with Crippen molar-refractivity contribution in [1.29, 1.82) is 0 Å². The first-order valence-corrected chi connectivity index (χ1v) is 14.7. The van der Waals surface area contributed by atoms with Gasteiger partial charge in [0.05, 0.1) is 0 Å². The van der Waals surface area contributed by atoms with Crippen LogP contribution in [0.15, 0.2) is 0 Å². The normalized spacial score (nSPS) is 43.0. The van der Waals surface area contributed by atoms with Gasteiger partial charge in [-0.2, -0.15) is 0 Å².